The van der Waals surface area contributed by atoms with Gasteiger partial charge in [0.15, 0.2) is 0 Å². The third kappa shape index (κ3) is 2.85. The molecule has 1 saturated heterocycles. The fourth-order valence-electron chi connectivity index (χ4n) is 2.41. The van der Waals surface area contributed by atoms with Crippen LogP contribution in [0, 0.1) is 18.3 Å². The van der Waals surface area contributed by atoms with Gasteiger partial charge in [-0.3, -0.25) is 0 Å². The zero-order valence-corrected chi connectivity index (χ0v) is 12.5. The van der Waals surface area contributed by atoms with Crippen LogP contribution in [0.2, 0.25) is 0 Å². The molecule has 1 aromatic carbocycles. The first-order valence-corrected chi connectivity index (χ1v) is 7.97. The molecule has 0 aliphatic carbocycles. The molecule has 1 aliphatic rings. The van der Waals surface area contributed by atoms with Gasteiger partial charge in [0.1, 0.15) is 0 Å². The topological polar surface area (TPSA) is 70.4 Å². The molecule has 1 fully saturated rings. The largest absolute Gasteiger partial charge is 0.381 e. The summed E-state index contributed by atoms with van der Waals surface area (Å²) in [6, 6.07) is 6.64. The Kier molecular flexibility index (Phi) is 4.43. The molecule has 1 aromatic rings. The van der Waals surface area contributed by atoms with Crippen molar-refractivity contribution in [2.24, 2.45) is 0 Å². The predicted molar refractivity (Wildman–Crippen MR) is 74.7 cm³/mol. The Balaban J connectivity index is 2.32. The second-order valence-corrected chi connectivity index (χ2v) is 6.92. The zero-order chi connectivity index (χ0) is 14.8. The van der Waals surface area contributed by atoms with Crippen LogP contribution >= 0.6 is 0 Å². The van der Waals surface area contributed by atoms with Gasteiger partial charge >= 0.3 is 0 Å². The second kappa shape index (κ2) is 5.92. The number of sulfonamides is 1. The standard InChI is InChI=1S/C14H18N2O3S/c1-11-9-12(10-15)3-4-14(11)20(17,18)16(2)13-5-7-19-8-6-13/h3-4,9,13H,5-8H2,1-2H3. The van der Waals surface area contributed by atoms with E-state index in [9.17, 15) is 8.42 Å². The lowest BCUT2D eigenvalue weighted by Gasteiger charge is -2.30. The Labute approximate surface area is 119 Å². The molecule has 0 bridgehead atoms. The molecule has 1 aliphatic heterocycles. The minimum Gasteiger partial charge on any atom is -0.381 e. The van der Waals surface area contributed by atoms with E-state index in [1.54, 1.807) is 20.0 Å². The van der Waals surface area contributed by atoms with Gasteiger partial charge in [-0.2, -0.15) is 9.57 Å². The average Bonchev–Trinajstić information content (AvgIpc) is 2.46. The van der Waals surface area contributed by atoms with Gasteiger partial charge in [-0.15, -0.1) is 0 Å². The first-order chi connectivity index (χ1) is 9.46. The Hall–Kier alpha value is -1.42. The number of nitrogens with zero attached hydrogens (tertiary/aromatic N) is 2. The molecule has 0 spiro atoms. The van der Waals surface area contributed by atoms with E-state index < -0.39 is 10.0 Å². The fraction of sp³-hybridized carbons (Fsp3) is 0.500. The monoisotopic (exact) mass is 294 g/mol. The number of ether oxygens (including phenoxy) is 1. The fourth-order valence-corrected chi connectivity index (χ4v) is 4.03. The molecule has 0 N–H and O–H groups in total. The smallest absolute Gasteiger partial charge is 0.243 e. The lowest BCUT2D eigenvalue weighted by Crippen LogP contribution is -2.40. The molecule has 6 heteroatoms. The van der Waals surface area contributed by atoms with Gasteiger partial charge in [0.25, 0.3) is 0 Å². The number of hydrogen-bond donors (Lipinski definition) is 0. The molecule has 1 heterocycles. The molecule has 0 saturated carbocycles. The molecule has 0 radical (unpaired) electrons. The maximum atomic E-state index is 12.7. The van der Waals surface area contributed by atoms with Gasteiger partial charge in [0, 0.05) is 26.3 Å². The number of nitriles is 1. The lowest BCUT2D eigenvalue weighted by atomic mass is 10.1. The lowest BCUT2D eigenvalue weighted by molar-refractivity contribution is 0.0632. The number of rotatable bonds is 3. The van der Waals surface area contributed by atoms with E-state index in [1.165, 1.54) is 16.4 Å². The molecular weight excluding hydrogens is 276 g/mol. The van der Waals surface area contributed by atoms with Crippen LogP contribution in [0.3, 0.4) is 0 Å². The van der Waals surface area contributed by atoms with Gasteiger partial charge in [-0.1, -0.05) is 0 Å². The molecule has 0 unspecified atom stereocenters. The van der Waals surface area contributed by atoms with Crippen LogP contribution in [0.1, 0.15) is 24.0 Å². The van der Waals surface area contributed by atoms with Gasteiger partial charge in [0.2, 0.25) is 10.0 Å². The summed E-state index contributed by atoms with van der Waals surface area (Å²) in [4.78, 5) is 0.269. The number of aryl methyl sites for hydroxylation is 1. The first kappa shape index (κ1) is 15.0. The van der Waals surface area contributed by atoms with Crippen LogP contribution in [0.5, 0.6) is 0 Å². The molecular formula is C14H18N2O3S. The van der Waals surface area contributed by atoms with E-state index in [1.807, 2.05) is 6.07 Å². The van der Waals surface area contributed by atoms with Crippen molar-refractivity contribution < 1.29 is 13.2 Å². The molecule has 108 valence electrons. The summed E-state index contributed by atoms with van der Waals surface area (Å²) in [7, 11) is -1.91. The maximum Gasteiger partial charge on any atom is 0.243 e. The normalized spacial score (nSPS) is 17.1. The molecule has 0 amide bonds. The third-order valence-corrected chi connectivity index (χ3v) is 5.74. The summed E-state index contributed by atoms with van der Waals surface area (Å²) in [5, 5.41) is 8.85. The van der Waals surface area contributed by atoms with E-state index in [4.69, 9.17) is 10.00 Å². The molecule has 20 heavy (non-hydrogen) atoms. The highest BCUT2D eigenvalue weighted by Gasteiger charge is 2.30. The van der Waals surface area contributed by atoms with E-state index in [2.05, 4.69) is 0 Å². The van der Waals surface area contributed by atoms with Crippen molar-refractivity contribution in [3.05, 3.63) is 29.3 Å². The molecule has 2 rings (SSSR count). The minimum atomic E-state index is -3.53. The Morgan fingerprint density at radius 1 is 1.35 bits per heavy atom. The Morgan fingerprint density at radius 2 is 2.00 bits per heavy atom. The van der Waals surface area contributed by atoms with E-state index in [-0.39, 0.29) is 10.9 Å². The summed E-state index contributed by atoms with van der Waals surface area (Å²) in [5.41, 5.74) is 1.07. The third-order valence-electron chi connectivity index (χ3n) is 3.67. The van der Waals surface area contributed by atoms with E-state index in [0.29, 0.717) is 37.2 Å². The highest BCUT2D eigenvalue weighted by Crippen LogP contribution is 2.24. The summed E-state index contributed by atoms with van der Waals surface area (Å²) < 4.78 is 32.0. The van der Waals surface area contributed by atoms with Crippen LogP contribution in [-0.4, -0.2) is 39.0 Å². The quantitative estimate of drug-likeness (QED) is 0.850. The summed E-state index contributed by atoms with van der Waals surface area (Å²) in [6.45, 7) is 2.90. The van der Waals surface area contributed by atoms with Crippen molar-refractivity contribution in [1.29, 1.82) is 5.26 Å². The molecule has 0 aromatic heterocycles. The van der Waals surface area contributed by atoms with Crippen molar-refractivity contribution in [2.75, 3.05) is 20.3 Å². The first-order valence-electron chi connectivity index (χ1n) is 6.53. The molecule has 0 atom stereocenters. The van der Waals surface area contributed by atoms with Crippen molar-refractivity contribution >= 4 is 10.0 Å². The van der Waals surface area contributed by atoms with E-state index in [0.717, 1.165) is 0 Å². The van der Waals surface area contributed by atoms with Crippen LogP contribution in [0.25, 0.3) is 0 Å². The number of benzene rings is 1. The second-order valence-electron chi connectivity index (χ2n) is 4.96. The summed E-state index contributed by atoms with van der Waals surface area (Å²) >= 11 is 0. The molecule has 5 nitrogen and oxygen atoms in total. The SMILES string of the molecule is Cc1cc(C#N)ccc1S(=O)(=O)N(C)C1CCOCC1. The van der Waals surface area contributed by atoms with Crippen molar-refractivity contribution in [1.82, 2.24) is 4.31 Å². The minimum absolute atomic E-state index is 0.0243. The zero-order valence-electron chi connectivity index (χ0n) is 11.7. The summed E-state index contributed by atoms with van der Waals surface area (Å²) in [5.74, 6) is 0. The van der Waals surface area contributed by atoms with Gasteiger partial charge in [-0.05, 0) is 43.5 Å². The van der Waals surface area contributed by atoms with Crippen LogP contribution < -0.4 is 0 Å². The highest BCUT2D eigenvalue weighted by atomic mass is 32.2. The van der Waals surface area contributed by atoms with E-state index >= 15 is 0 Å². The van der Waals surface area contributed by atoms with Crippen LogP contribution in [0.15, 0.2) is 23.1 Å². The van der Waals surface area contributed by atoms with Gasteiger partial charge < -0.3 is 4.74 Å². The number of hydrogen-bond acceptors (Lipinski definition) is 4. The predicted octanol–water partition coefficient (Wildman–Crippen LogP) is 1.67. The Bertz CT molecular complexity index is 628. The van der Waals surface area contributed by atoms with Gasteiger partial charge in [0.05, 0.1) is 16.5 Å². The van der Waals surface area contributed by atoms with Crippen molar-refractivity contribution in [2.45, 2.75) is 30.7 Å². The van der Waals surface area contributed by atoms with Crippen LogP contribution in [-0.2, 0) is 14.8 Å². The highest BCUT2D eigenvalue weighted by molar-refractivity contribution is 7.89. The summed E-state index contributed by atoms with van der Waals surface area (Å²) in [6.07, 6.45) is 1.43. The van der Waals surface area contributed by atoms with Crippen molar-refractivity contribution in [3.8, 4) is 6.07 Å². The average molecular weight is 294 g/mol. The van der Waals surface area contributed by atoms with Crippen molar-refractivity contribution in [3.63, 3.8) is 0 Å². The maximum absolute atomic E-state index is 12.7. The Morgan fingerprint density at radius 3 is 2.55 bits per heavy atom. The van der Waals surface area contributed by atoms with Crippen LogP contribution in [0.4, 0.5) is 0 Å². The van der Waals surface area contributed by atoms with Gasteiger partial charge in [-0.25, -0.2) is 8.42 Å².